The van der Waals surface area contributed by atoms with Crippen molar-refractivity contribution >= 4 is 21.4 Å². The van der Waals surface area contributed by atoms with Crippen molar-refractivity contribution in [3.63, 3.8) is 0 Å². The summed E-state index contributed by atoms with van der Waals surface area (Å²) in [6.07, 6.45) is 2.33. The Kier molecular flexibility index (Phi) is 6.15. The summed E-state index contributed by atoms with van der Waals surface area (Å²) in [5.41, 5.74) is 1.63. The third-order valence-electron chi connectivity index (χ3n) is 3.29. The minimum atomic E-state index is -3.19. The molecule has 4 nitrogen and oxygen atoms in total. The molecule has 0 heterocycles. The monoisotopic (exact) mass is 284 g/mol. The highest BCUT2D eigenvalue weighted by molar-refractivity contribution is 7.92. The number of hydrogen-bond acceptors (Lipinski definition) is 3. The number of nitrogens with one attached hydrogen (secondary N) is 2. The number of benzene rings is 1. The second-order valence-corrected chi connectivity index (χ2v) is 6.66. The summed E-state index contributed by atoms with van der Waals surface area (Å²) < 4.78 is 25.4. The summed E-state index contributed by atoms with van der Waals surface area (Å²) >= 11 is 0. The minimum Gasteiger partial charge on any atom is -0.385 e. The summed E-state index contributed by atoms with van der Waals surface area (Å²) in [6.45, 7) is 6.96. The Morgan fingerprint density at radius 2 is 1.53 bits per heavy atom. The van der Waals surface area contributed by atoms with Gasteiger partial charge in [-0.25, -0.2) is 8.42 Å². The van der Waals surface area contributed by atoms with Crippen LogP contribution in [0.5, 0.6) is 0 Å². The van der Waals surface area contributed by atoms with Crippen molar-refractivity contribution in [3.8, 4) is 0 Å². The Balaban J connectivity index is 2.57. The van der Waals surface area contributed by atoms with E-state index in [2.05, 4.69) is 23.9 Å². The predicted octanol–water partition coefficient (Wildman–Crippen LogP) is 3.30. The Hall–Kier alpha value is -1.23. The standard InChI is InChI=1S/C14H24N2O2S/c1-4-12(5-2)11-15-13-7-9-14(10-8-13)16-19(17,18)6-3/h7-10,12,15-16H,4-6,11H2,1-3H3. The van der Waals surface area contributed by atoms with Crippen LogP contribution in [0, 0.1) is 5.92 Å². The molecule has 1 aromatic carbocycles. The lowest BCUT2D eigenvalue weighted by Gasteiger charge is -2.14. The highest BCUT2D eigenvalue weighted by Crippen LogP contribution is 2.16. The lowest BCUT2D eigenvalue weighted by Crippen LogP contribution is -2.15. The van der Waals surface area contributed by atoms with Gasteiger partial charge in [-0.1, -0.05) is 26.7 Å². The fraction of sp³-hybridized carbons (Fsp3) is 0.571. The van der Waals surface area contributed by atoms with Crippen molar-refractivity contribution in [2.45, 2.75) is 33.6 Å². The average molecular weight is 284 g/mol. The molecular weight excluding hydrogens is 260 g/mol. The van der Waals surface area contributed by atoms with Crippen molar-refractivity contribution in [2.75, 3.05) is 22.3 Å². The molecule has 0 amide bonds. The quantitative estimate of drug-likeness (QED) is 0.770. The zero-order valence-corrected chi connectivity index (χ0v) is 12.8. The molecule has 0 aliphatic heterocycles. The van der Waals surface area contributed by atoms with E-state index in [1.165, 1.54) is 0 Å². The zero-order valence-electron chi connectivity index (χ0n) is 11.9. The van der Waals surface area contributed by atoms with Crippen LogP contribution in [0.3, 0.4) is 0 Å². The van der Waals surface area contributed by atoms with Crippen LogP contribution in [0.1, 0.15) is 33.6 Å². The largest absolute Gasteiger partial charge is 0.385 e. The van der Waals surface area contributed by atoms with Crippen molar-refractivity contribution in [3.05, 3.63) is 24.3 Å². The van der Waals surface area contributed by atoms with Crippen LogP contribution >= 0.6 is 0 Å². The van der Waals surface area contributed by atoms with Crippen LogP contribution < -0.4 is 10.0 Å². The maximum absolute atomic E-state index is 11.4. The van der Waals surface area contributed by atoms with Crippen molar-refractivity contribution in [2.24, 2.45) is 5.92 Å². The van der Waals surface area contributed by atoms with E-state index in [9.17, 15) is 8.42 Å². The first-order valence-electron chi connectivity index (χ1n) is 6.85. The second-order valence-electron chi connectivity index (χ2n) is 4.65. The maximum atomic E-state index is 11.4. The fourth-order valence-corrected chi connectivity index (χ4v) is 2.39. The Morgan fingerprint density at radius 3 is 2.00 bits per heavy atom. The molecule has 1 aromatic rings. The van der Waals surface area contributed by atoms with Gasteiger partial charge in [-0.3, -0.25) is 4.72 Å². The molecule has 19 heavy (non-hydrogen) atoms. The summed E-state index contributed by atoms with van der Waals surface area (Å²) in [4.78, 5) is 0. The van der Waals surface area contributed by atoms with Crippen molar-refractivity contribution in [1.29, 1.82) is 0 Å². The highest BCUT2D eigenvalue weighted by atomic mass is 32.2. The zero-order chi connectivity index (χ0) is 14.3. The van der Waals surface area contributed by atoms with Gasteiger partial charge >= 0.3 is 0 Å². The molecule has 0 unspecified atom stereocenters. The Morgan fingerprint density at radius 1 is 1.00 bits per heavy atom. The van der Waals surface area contributed by atoms with Gasteiger partial charge in [-0.05, 0) is 37.1 Å². The van der Waals surface area contributed by atoms with Crippen LogP contribution in [0.4, 0.5) is 11.4 Å². The first-order chi connectivity index (χ1) is 9.00. The highest BCUT2D eigenvalue weighted by Gasteiger charge is 2.06. The van der Waals surface area contributed by atoms with E-state index in [1.807, 2.05) is 12.1 Å². The minimum absolute atomic E-state index is 0.0850. The Labute approximate surface area is 116 Å². The normalized spacial score (nSPS) is 11.6. The molecule has 0 aliphatic carbocycles. The van der Waals surface area contributed by atoms with Crippen LogP contribution in [0.25, 0.3) is 0 Å². The molecule has 0 aliphatic rings. The van der Waals surface area contributed by atoms with Crippen LogP contribution in [-0.4, -0.2) is 20.7 Å². The van der Waals surface area contributed by atoms with Gasteiger partial charge in [-0.2, -0.15) is 0 Å². The van der Waals surface area contributed by atoms with E-state index in [0.29, 0.717) is 11.6 Å². The van der Waals surface area contributed by atoms with Gasteiger partial charge in [0.2, 0.25) is 10.0 Å². The third kappa shape index (κ3) is 5.51. The first kappa shape index (κ1) is 15.8. The fourth-order valence-electron chi connectivity index (χ4n) is 1.75. The maximum Gasteiger partial charge on any atom is 0.232 e. The SMILES string of the molecule is CCC(CC)CNc1ccc(NS(=O)(=O)CC)cc1. The average Bonchev–Trinajstić information content (AvgIpc) is 2.41. The van der Waals surface area contributed by atoms with E-state index in [4.69, 9.17) is 0 Å². The van der Waals surface area contributed by atoms with Crippen LogP contribution in [-0.2, 0) is 10.0 Å². The summed E-state index contributed by atoms with van der Waals surface area (Å²) in [5, 5.41) is 3.37. The number of sulfonamides is 1. The molecule has 1 rings (SSSR count). The molecule has 0 aromatic heterocycles. The molecule has 0 saturated carbocycles. The number of anilines is 2. The number of hydrogen-bond donors (Lipinski definition) is 2. The summed E-state index contributed by atoms with van der Waals surface area (Å²) in [7, 11) is -3.19. The molecule has 5 heteroatoms. The molecule has 0 spiro atoms. The van der Waals surface area contributed by atoms with Crippen LogP contribution in [0.15, 0.2) is 24.3 Å². The second kappa shape index (κ2) is 7.38. The lowest BCUT2D eigenvalue weighted by atomic mass is 10.0. The van der Waals surface area contributed by atoms with Gasteiger partial charge in [-0.15, -0.1) is 0 Å². The van der Waals surface area contributed by atoms with Gasteiger partial charge < -0.3 is 5.32 Å². The lowest BCUT2D eigenvalue weighted by molar-refractivity contribution is 0.519. The molecule has 108 valence electrons. The van der Waals surface area contributed by atoms with Crippen molar-refractivity contribution < 1.29 is 8.42 Å². The van der Waals surface area contributed by atoms with E-state index in [0.717, 1.165) is 25.1 Å². The van der Waals surface area contributed by atoms with Gasteiger partial charge in [0.05, 0.1) is 5.75 Å². The van der Waals surface area contributed by atoms with E-state index in [-0.39, 0.29) is 5.75 Å². The molecule has 0 saturated heterocycles. The predicted molar refractivity (Wildman–Crippen MR) is 82.1 cm³/mol. The van der Waals surface area contributed by atoms with Crippen LogP contribution in [0.2, 0.25) is 0 Å². The van der Waals surface area contributed by atoms with Gasteiger partial charge in [0, 0.05) is 17.9 Å². The van der Waals surface area contributed by atoms with Gasteiger partial charge in [0.25, 0.3) is 0 Å². The van der Waals surface area contributed by atoms with E-state index in [1.54, 1.807) is 19.1 Å². The van der Waals surface area contributed by atoms with E-state index < -0.39 is 10.0 Å². The molecule has 0 atom stereocenters. The van der Waals surface area contributed by atoms with Gasteiger partial charge in [0.15, 0.2) is 0 Å². The smallest absolute Gasteiger partial charge is 0.232 e. The number of rotatable bonds is 8. The van der Waals surface area contributed by atoms with E-state index >= 15 is 0 Å². The molecule has 0 bridgehead atoms. The topological polar surface area (TPSA) is 58.2 Å². The molecular formula is C14H24N2O2S. The van der Waals surface area contributed by atoms with Gasteiger partial charge in [0.1, 0.15) is 0 Å². The molecule has 2 N–H and O–H groups in total. The first-order valence-corrected chi connectivity index (χ1v) is 8.50. The summed E-state index contributed by atoms with van der Waals surface area (Å²) in [5.74, 6) is 0.764. The molecule has 0 fully saturated rings. The molecule has 0 radical (unpaired) electrons. The third-order valence-corrected chi connectivity index (χ3v) is 4.59. The Bertz CT molecular complexity index is 465. The summed E-state index contributed by atoms with van der Waals surface area (Å²) in [6, 6.07) is 7.36. The van der Waals surface area contributed by atoms with Crippen molar-refractivity contribution in [1.82, 2.24) is 0 Å².